The van der Waals surface area contributed by atoms with Crippen LogP contribution in [0.5, 0.6) is 0 Å². The van der Waals surface area contributed by atoms with Crippen LogP contribution in [-0.2, 0) is 6.54 Å². The summed E-state index contributed by atoms with van der Waals surface area (Å²) in [5.41, 5.74) is 8.27. The summed E-state index contributed by atoms with van der Waals surface area (Å²) in [6.45, 7) is 0.301. The lowest BCUT2D eigenvalue weighted by atomic mass is 10.1. The minimum atomic E-state index is -0.983. The monoisotopic (exact) mass is 284 g/mol. The predicted molar refractivity (Wildman–Crippen MR) is 77.4 cm³/mol. The molecule has 0 spiro atoms. The van der Waals surface area contributed by atoms with Gasteiger partial charge >= 0.3 is 11.7 Å². The second kappa shape index (κ2) is 4.82. The van der Waals surface area contributed by atoms with E-state index < -0.39 is 11.7 Å². The van der Waals surface area contributed by atoms with Crippen LogP contribution in [0.1, 0.15) is 15.9 Å². The van der Waals surface area contributed by atoms with Crippen LogP contribution in [0.3, 0.4) is 0 Å². The number of benzene rings is 2. The second-order valence-electron chi connectivity index (χ2n) is 4.68. The van der Waals surface area contributed by atoms with Crippen LogP contribution in [0.15, 0.2) is 51.7 Å². The molecule has 0 aliphatic carbocycles. The number of aromatic carboxylic acids is 1. The number of nitrogens with zero attached hydrogens (tertiary/aromatic N) is 1. The van der Waals surface area contributed by atoms with Crippen LogP contribution in [-0.4, -0.2) is 15.6 Å². The summed E-state index contributed by atoms with van der Waals surface area (Å²) in [6, 6.07) is 11.4. The van der Waals surface area contributed by atoms with Crippen molar-refractivity contribution in [3.8, 4) is 0 Å². The largest absolute Gasteiger partial charge is 0.478 e. The van der Waals surface area contributed by atoms with E-state index in [4.69, 9.17) is 15.3 Å². The molecule has 0 aliphatic rings. The molecule has 0 amide bonds. The van der Waals surface area contributed by atoms with Crippen LogP contribution >= 0.6 is 0 Å². The van der Waals surface area contributed by atoms with Crippen molar-refractivity contribution in [2.75, 3.05) is 5.73 Å². The number of hydrogen-bond donors (Lipinski definition) is 2. The molecule has 21 heavy (non-hydrogen) atoms. The molecule has 2 aromatic carbocycles. The van der Waals surface area contributed by atoms with Gasteiger partial charge in [0.1, 0.15) is 0 Å². The van der Waals surface area contributed by atoms with Gasteiger partial charge in [0.15, 0.2) is 5.58 Å². The maximum Gasteiger partial charge on any atom is 0.420 e. The first-order valence-corrected chi connectivity index (χ1v) is 6.26. The van der Waals surface area contributed by atoms with Crippen molar-refractivity contribution in [1.29, 1.82) is 0 Å². The molecule has 0 saturated carbocycles. The predicted octanol–water partition coefficient (Wildman–Crippen LogP) is 1.92. The Bertz CT molecular complexity index is 875. The highest BCUT2D eigenvalue weighted by Crippen LogP contribution is 2.17. The standard InChI is InChI=1S/C15H12N2O4/c16-11-5-6-12-13(7-11)21-15(20)17(12)8-9-1-3-10(4-2-9)14(18)19/h1-7H,8,16H2,(H,18,19). The van der Waals surface area contributed by atoms with Gasteiger partial charge in [0.25, 0.3) is 0 Å². The molecular weight excluding hydrogens is 272 g/mol. The third kappa shape index (κ3) is 2.38. The van der Waals surface area contributed by atoms with Crippen LogP contribution < -0.4 is 11.5 Å². The van der Waals surface area contributed by atoms with Crippen LogP contribution in [0.4, 0.5) is 5.69 Å². The molecule has 0 fully saturated rings. The highest BCUT2D eigenvalue weighted by atomic mass is 16.4. The van der Waals surface area contributed by atoms with Gasteiger partial charge in [0.05, 0.1) is 17.6 Å². The first-order chi connectivity index (χ1) is 10.0. The molecule has 6 nitrogen and oxygen atoms in total. The van der Waals surface area contributed by atoms with E-state index in [9.17, 15) is 9.59 Å². The van der Waals surface area contributed by atoms with E-state index in [0.717, 1.165) is 5.56 Å². The Morgan fingerprint density at radius 2 is 1.90 bits per heavy atom. The Kier molecular flexibility index (Phi) is 2.98. The first kappa shape index (κ1) is 13.0. The Morgan fingerprint density at radius 3 is 2.57 bits per heavy atom. The maximum atomic E-state index is 11.9. The van der Waals surface area contributed by atoms with Gasteiger partial charge in [-0.15, -0.1) is 0 Å². The highest BCUT2D eigenvalue weighted by Gasteiger charge is 2.10. The van der Waals surface area contributed by atoms with Crippen molar-refractivity contribution in [3.63, 3.8) is 0 Å². The lowest BCUT2D eigenvalue weighted by Crippen LogP contribution is -2.14. The summed E-state index contributed by atoms with van der Waals surface area (Å²) in [4.78, 5) is 22.7. The molecule has 0 bridgehead atoms. The van der Waals surface area contributed by atoms with Gasteiger partial charge < -0.3 is 15.3 Å². The number of aromatic nitrogens is 1. The Balaban J connectivity index is 1.99. The summed E-state index contributed by atoms with van der Waals surface area (Å²) in [7, 11) is 0. The van der Waals surface area contributed by atoms with Crippen molar-refractivity contribution in [3.05, 3.63) is 64.1 Å². The maximum absolute atomic E-state index is 11.9. The Labute approximate surface area is 119 Å². The minimum absolute atomic E-state index is 0.205. The summed E-state index contributed by atoms with van der Waals surface area (Å²) in [6.07, 6.45) is 0. The number of carboxylic acids is 1. The Morgan fingerprint density at radius 1 is 1.19 bits per heavy atom. The van der Waals surface area contributed by atoms with Gasteiger partial charge in [-0.05, 0) is 29.8 Å². The zero-order valence-electron chi connectivity index (χ0n) is 10.9. The molecule has 0 aliphatic heterocycles. The van der Waals surface area contributed by atoms with Gasteiger partial charge in [-0.3, -0.25) is 4.57 Å². The molecule has 0 saturated heterocycles. The topological polar surface area (TPSA) is 98.5 Å². The summed E-state index contributed by atoms with van der Waals surface area (Å²) in [5, 5.41) is 8.86. The molecule has 0 atom stereocenters. The van der Waals surface area contributed by atoms with Crippen LogP contribution in [0, 0.1) is 0 Å². The van der Waals surface area contributed by atoms with E-state index in [0.29, 0.717) is 23.3 Å². The number of anilines is 1. The zero-order valence-corrected chi connectivity index (χ0v) is 10.9. The fourth-order valence-electron chi connectivity index (χ4n) is 2.17. The number of rotatable bonds is 3. The highest BCUT2D eigenvalue weighted by molar-refractivity contribution is 5.87. The van der Waals surface area contributed by atoms with Gasteiger partial charge in [0, 0.05) is 11.8 Å². The lowest BCUT2D eigenvalue weighted by Gasteiger charge is -2.03. The molecule has 1 heterocycles. The third-order valence-corrected chi connectivity index (χ3v) is 3.23. The number of nitrogen functional groups attached to an aromatic ring is 1. The van der Waals surface area contributed by atoms with Crippen molar-refractivity contribution >= 4 is 22.8 Å². The average Bonchev–Trinajstić information content (AvgIpc) is 2.75. The van der Waals surface area contributed by atoms with E-state index in [-0.39, 0.29) is 5.56 Å². The number of carboxylic acid groups (broad SMARTS) is 1. The fraction of sp³-hybridized carbons (Fsp3) is 0.0667. The van der Waals surface area contributed by atoms with E-state index in [1.165, 1.54) is 16.7 Å². The smallest absolute Gasteiger partial charge is 0.420 e. The fourth-order valence-corrected chi connectivity index (χ4v) is 2.17. The van der Waals surface area contributed by atoms with E-state index in [1.54, 1.807) is 30.3 Å². The molecule has 0 radical (unpaired) electrons. The van der Waals surface area contributed by atoms with Crippen molar-refractivity contribution in [1.82, 2.24) is 4.57 Å². The van der Waals surface area contributed by atoms with Crippen molar-refractivity contribution in [2.24, 2.45) is 0 Å². The minimum Gasteiger partial charge on any atom is -0.478 e. The molecule has 3 aromatic rings. The zero-order chi connectivity index (χ0) is 15.0. The summed E-state index contributed by atoms with van der Waals surface area (Å²) in [5.74, 6) is -1.46. The van der Waals surface area contributed by atoms with Crippen LogP contribution in [0.25, 0.3) is 11.1 Å². The average molecular weight is 284 g/mol. The van der Waals surface area contributed by atoms with Gasteiger partial charge in [-0.25, -0.2) is 9.59 Å². The number of fused-ring (bicyclic) bond motifs is 1. The second-order valence-corrected chi connectivity index (χ2v) is 4.68. The lowest BCUT2D eigenvalue weighted by molar-refractivity contribution is 0.0697. The molecule has 1 aromatic heterocycles. The molecule has 3 rings (SSSR count). The number of carbonyl (C=O) groups is 1. The molecule has 6 heteroatoms. The molecule has 0 unspecified atom stereocenters. The summed E-state index contributed by atoms with van der Waals surface area (Å²) >= 11 is 0. The molecular formula is C15H12N2O4. The van der Waals surface area contributed by atoms with E-state index in [2.05, 4.69) is 0 Å². The quantitative estimate of drug-likeness (QED) is 0.716. The first-order valence-electron chi connectivity index (χ1n) is 6.26. The van der Waals surface area contributed by atoms with E-state index >= 15 is 0 Å². The van der Waals surface area contributed by atoms with Gasteiger partial charge in [0.2, 0.25) is 0 Å². The van der Waals surface area contributed by atoms with E-state index in [1.807, 2.05) is 0 Å². The Hall–Kier alpha value is -3.02. The third-order valence-electron chi connectivity index (χ3n) is 3.23. The summed E-state index contributed by atoms with van der Waals surface area (Å²) < 4.78 is 6.62. The van der Waals surface area contributed by atoms with Gasteiger partial charge in [-0.1, -0.05) is 12.1 Å². The van der Waals surface area contributed by atoms with Crippen LogP contribution in [0.2, 0.25) is 0 Å². The number of nitrogens with two attached hydrogens (primary N) is 1. The van der Waals surface area contributed by atoms with Crippen molar-refractivity contribution < 1.29 is 14.3 Å². The SMILES string of the molecule is Nc1ccc2c(c1)oc(=O)n2Cc1ccc(C(=O)O)cc1. The normalized spacial score (nSPS) is 10.9. The van der Waals surface area contributed by atoms with Gasteiger partial charge in [-0.2, -0.15) is 0 Å². The number of hydrogen-bond acceptors (Lipinski definition) is 4. The molecule has 3 N–H and O–H groups in total. The number of oxazole rings is 1. The van der Waals surface area contributed by atoms with Crippen molar-refractivity contribution in [2.45, 2.75) is 6.54 Å². The molecule has 106 valence electrons.